The highest BCUT2D eigenvalue weighted by molar-refractivity contribution is 9.10. The number of hydrogen-bond acceptors (Lipinski definition) is 1. The molecule has 0 aliphatic carbocycles. The first-order valence-electron chi connectivity index (χ1n) is 6.84. The molecule has 2 aromatic rings. The molecule has 0 saturated heterocycles. The molecule has 0 spiro atoms. The zero-order valence-electron chi connectivity index (χ0n) is 12.5. The second-order valence-electron chi connectivity index (χ2n) is 6.16. The first-order chi connectivity index (χ1) is 9.36. The molecule has 20 heavy (non-hydrogen) atoms. The van der Waals surface area contributed by atoms with Crippen molar-refractivity contribution >= 4 is 15.9 Å². The molecule has 0 unspecified atom stereocenters. The minimum absolute atomic E-state index is 0.0844. The van der Waals surface area contributed by atoms with Gasteiger partial charge in [0, 0.05) is 4.47 Å². The van der Waals surface area contributed by atoms with Gasteiger partial charge >= 0.3 is 0 Å². The molecule has 2 rings (SSSR count). The van der Waals surface area contributed by atoms with Crippen LogP contribution in [0.3, 0.4) is 0 Å². The Morgan fingerprint density at radius 3 is 2.25 bits per heavy atom. The van der Waals surface area contributed by atoms with E-state index in [0.29, 0.717) is 6.61 Å². The molecule has 0 heterocycles. The third-order valence-electron chi connectivity index (χ3n) is 3.25. The lowest BCUT2D eigenvalue weighted by Gasteiger charge is -2.23. The molecule has 0 amide bonds. The van der Waals surface area contributed by atoms with E-state index < -0.39 is 0 Å². The molecule has 2 aromatic carbocycles. The summed E-state index contributed by atoms with van der Waals surface area (Å²) in [4.78, 5) is 0. The molecule has 0 aliphatic heterocycles. The maximum Gasteiger partial charge on any atom is 0.123 e. The van der Waals surface area contributed by atoms with Crippen molar-refractivity contribution in [3.8, 4) is 5.75 Å². The molecule has 2 heteroatoms. The van der Waals surface area contributed by atoms with Gasteiger partial charge in [-0.15, -0.1) is 0 Å². The van der Waals surface area contributed by atoms with Crippen LogP contribution < -0.4 is 4.74 Å². The Labute approximate surface area is 130 Å². The van der Waals surface area contributed by atoms with Crippen LogP contribution in [-0.4, -0.2) is 0 Å². The van der Waals surface area contributed by atoms with Gasteiger partial charge in [-0.2, -0.15) is 0 Å². The van der Waals surface area contributed by atoms with E-state index in [4.69, 9.17) is 4.74 Å². The van der Waals surface area contributed by atoms with Crippen molar-refractivity contribution in [1.82, 2.24) is 0 Å². The maximum absolute atomic E-state index is 6.03. The van der Waals surface area contributed by atoms with Gasteiger partial charge < -0.3 is 4.74 Å². The molecule has 0 radical (unpaired) electrons. The summed E-state index contributed by atoms with van der Waals surface area (Å²) in [5.41, 5.74) is 3.79. The summed E-state index contributed by atoms with van der Waals surface area (Å²) in [7, 11) is 0. The van der Waals surface area contributed by atoms with Crippen LogP contribution in [0.4, 0.5) is 0 Å². The summed E-state index contributed by atoms with van der Waals surface area (Å²) >= 11 is 3.45. The fourth-order valence-corrected chi connectivity index (χ4v) is 2.36. The van der Waals surface area contributed by atoms with Crippen LogP contribution in [0.1, 0.15) is 37.5 Å². The van der Waals surface area contributed by atoms with Gasteiger partial charge in [0.1, 0.15) is 12.4 Å². The van der Waals surface area contributed by atoms with Crippen molar-refractivity contribution < 1.29 is 4.74 Å². The lowest BCUT2D eigenvalue weighted by atomic mass is 9.85. The molecule has 0 saturated carbocycles. The minimum Gasteiger partial charge on any atom is -0.489 e. The van der Waals surface area contributed by atoms with Crippen LogP contribution in [0.25, 0.3) is 0 Å². The Morgan fingerprint density at radius 2 is 1.65 bits per heavy atom. The predicted octanol–water partition coefficient (Wildman–Crippen LogP) is 5.63. The van der Waals surface area contributed by atoms with Gasteiger partial charge in [-0.25, -0.2) is 0 Å². The smallest absolute Gasteiger partial charge is 0.123 e. The number of aryl methyl sites for hydroxylation is 1. The van der Waals surface area contributed by atoms with E-state index in [2.05, 4.69) is 74.0 Å². The number of ether oxygens (including phenoxy) is 1. The van der Waals surface area contributed by atoms with Gasteiger partial charge in [-0.1, -0.05) is 66.5 Å². The summed E-state index contributed by atoms with van der Waals surface area (Å²) in [6.07, 6.45) is 0. The Morgan fingerprint density at radius 1 is 1.00 bits per heavy atom. The van der Waals surface area contributed by atoms with Gasteiger partial charge in [0.05, 0.1) is 0 Å². The summed E-state index contributed by atoms with van der Waals surface area (Å²) < 4.78 is 7.12. The van der Waals surface area contributed by atoms with Crippen LogP contribution in [0.5, 0.6) is 5.75 Å². The first kappa shape index (κ1) is 15.1. The van der Waals surface area contributed by atoms with Crippen molar-refractivity contribution in [2.45, 2.75) is 39.7 Å². The maximum atomic E-state index is 6.03. The third kappa shape index (κ3) is 3.86. The highest BCUT2D eigenvalue weighted by Gasteiger charge is 2.19. The quantitative estimate of drug-likeness (QED) is 0.707. The zero-order valence-corrected chi connectivity index (χ0v) is 14.1. The molecule has 0 fully saturated rings. The summed E-state index contributed by atoms with van der Waals surface area (Å²) in [5, 5.41) is 0. The second-order valence-corrected chi connectivity index (χ2v) is 7.08. The van der Waals surface area contributed by atoms with Crippen LogP contribution in [0, 0.1) is 6.92 Å². The van der Waals surface area contributed by atoms with E-state index in [9.17, 15) is 0 Å². The largest absolute Gasteiger partial charge is 0.489 e. The number of hydrogen-bond donors (Lipinski definition) is 0. The van der Waals surface area contributed by atoms with Gasteiger partial charge in [-0.05, 0) is 41.7 Å². The lowest BCUT2D eigenvalue weighted by molar-refractivity contribution is 0.297. The first-order valence-corrected chi connectivity index (χ1v) is 7.64. The second kappa shape index (κ2) is 6.01. The van der Waals surface area contributed by atoms with Gasteiger partial charge in [0.15, 0.2) is 0 Å². The molecule has 106 valence electrons. The fraction of sp³-hybridized carbons (Fsp3) is 0.333. The lowest BCUT2D eigenvalue weighted by Crippen LogP contribution is -2.13. The monoisotopic (exact) mass is 332 g/mol. The van der Waals surface area contributed by atoms with E-state index in [1.54, 1.807) is 0 Å². The average molecular weight is 333 g/mol. The SMILES string of the molecule is Cc1ccc(OCc2ccc(Br)cc2)c(C(C)(C)C)c1. The number of halogens is 1. The van der Waals surface area contributed by atoms with E-state index in [-0.39, 0.29) is 5.41 Å². The van der Waals surface area contributed by atoms with E-state index in [0.717, 1.165) is 10.2 Å². The highest BCUT2D eigenvalue weighted by Crippen LogP contribution is 2.32. The summed E-state index contributed by atoms with van der Waals surface area (Å²) in [6.45, 7) is 9.37. The zero-order chi connectivity index (χ0) is 14.8. The topological polar surface area (TPSA) is 9.23 Å². The van der Waals surface area contributed by atoms with Crippen molar-refractivity contribution in [1.29, 1.82) is 0 Å². The van der Waals surface area contributed by atoms with Gasteiger partial charge in [0.2, 0.25) is 0 Å². The molecule has 0 atom stereocenters. The Hall–Kier alpha value is -1.28. The van der Waals surface area contributed by atoms with Crippen LogP contribution in [0.15, 0.2) is 46.9 Å². The van der Waals surface area contributed by atoms with Crippen molar-refractivity contribution in [3.63, 3.8) is 0 Å². The molecular formula is C18H21BrO. The minimum atomic E-state index is 0.0844. The molecule has 0 bridgehead atoms. The Bertz CT molecular complexity index is 579. The standard InChI is InChI=1S/C18H21BrO/c1-13-5-10-17(16(11-13)18(2,3)4)20-12-14-6-8-15(19)9-7-14/h5-11H,12H2,1-4H3. The van der Waals surface area contributed by atoms with E-state index in [1.165, 1.54) is 16.7 Å². The third-order valence-corrected chi connectivity index (χ3v) is 3.78. The average Bonchev–Trinajstić information content (AvgIpc) is 2.38. The van der Waals surface area contributed by atoms with E-state index >= 15 is 0 Å². The van der Waals surface area contributed by atoms with Crippen molar-refractivity contribution in [2.24, 2.45) is 0 Å². The highest BCUT2D eigenvalue weighted by atomic mass is 79.9. The number of rotatable bonds is 3. The van der Waals surface area contributed by atoms with Gasteiger partial charge in [0.25, 0.3) is 0 Å². The van der Waals surface area contributed by atoms with Crippen LogP contribution in [-0.2, 0) is 12.0 Å². The normalized spacial score (nSPS) is 11.4. The van der Waals surface area contributed by atoms with E-state index in [1.807, 2.05) is 12.1 Å². The Balaban J connectivity index is 2.19. The fourth-order valence-electron chi connectivity index (χ4n) is 2.10. The molecule has 0 aromatic heterocycles. The Kier molecular flexibility index (Phi) is 4.54. The van der Waals surface area contributed by atoms with Crippen molar-refractivity contribution in [3.05, 3.63) is 63.6 Å². The molecule has 1 nitrogen and oxygen atoms in total. The molecular weight excluding hydrogens is 312 g/mol. The summed E-state index contributed by atoms with van der Waals surface area (Å²) in [5.74, 6) is 0.978. The molecule has 0 N–H and O–H groups in total. The van der Waals surface area contributed by atoms with Gasteiger partial charge in [-0.3, -0.25) is 0 Å². The number of benzene rings is 2. The van der Waals surface area contributed by atoms with Crippen LogP contribution in [0.2, 0.25) is 0 Å². The predicted molar refractivity (Wildman–Crippen MR) is 88.4 cm³/mol. The van der Waals surface area contributed by atoms with Crippen molar-refractivity contribution in [2.75, 3.05) is 0 Å². The molecule has 0 aliphatic rings. The van der Waals surface area contributed by atoms with Crippen LogP contribution >= 0.6 is 15.9 Å². The summed E-state index contributed by atoms with van der Waals surface area (Å²) in [6, 6.07) is 14.6.